The first-order valence-corrected chi connectivity index (χ1v) is 8.93. The van der Waals surface area contributed by atoms with Gasteiger partial charge in [-0.1, -0.05) is 30.3 Å². The molecule has 0 spiro atoms. The summed E-state index contributed by atoms with van der Waals surface area (Å²) in [5.74, 6) is 0.446. The van der Waals surface area contributed by atoms with Gasteiger partial charge in [0, 0.05) is 37.1 Å². The van der Waals surface area contributed by atoms with Crippen molar-refractivity contribution in [1.82, 2.24) is 15.5 Å². The zero-order valence-electron chi connectivity index (χ0n) is 14.7. The molecule has 24 heavy (non-hydrogen) atoms. The Balaban J connectivity index is 0.00000208. The molecule has 5 heteroatoms. The zero-order valence-corrected chi connectivity index (χ0v) is 15.5. The standard InChI is InChI=1S/C19H29N3O.ClH/c1-14-10-17(8-9-20-14)19(23)21-18-11-15(2)22(13-18)12-16-6-4-3-5-7-16;/h3-7,14-15,17-18,20H,8-13H2,1-2H3,(H,21,23);1H/t14-,15?,17-,18?;/m0./s1. The van der Waals surface area contributed by atoms with Crippen LogP contribution in [-0.2, 0) is 11.3 Å². The molecule has 2 saturated heterocycles. The maximum atomic E-state index is 12.5. The molecule has 134 valence electrons. The third-order valence-corrected chi connectivity index (χ3v) is 5.27. The van der Waals surface area contributed by atoms with Gasteiger partial charge in [-0.05, 0) is 45.2 Å². The Labute approximate surface area is 151 Å². The van der Waals surface area contributed by atoms with E-state index in [0.29, 0.717) is 18.1 Å². The van der Waals surface area contributed by atoms with Crippen molar-refractivity contribution < 1.29 is 4.79 Å². The predicted octanol–water partition coefficient (Wildman–Crippen LogP) is 2.58. The number of rotatable bonds is 4. The molecule has 1 aromatic carbocycles. The van der Waals surface area contributed by atoms with Gasteiger partial charge < -0.3 is 10.6 Å². The normalized spacial score (nSPS) is 30.6. The van der Waals surface area contributed by atoms with E-state index in [1.54, 1.807) is 0 Å². The van der Waals surface area contributed by atoms with Crippen molar-refractivity contribution in [3.63, 3.8) is 0 Å². The summed E-state index contributed by atoms with van der Waals surface area (Å²) in [4.78, 5) is 15.0. The number of nitrogens with one attached hydrogen (secondary N) is 2. The highest BCUT2D eigenvalue weighted by Gasteiger charge is 2.32. The van der Waals surface area contributed by atoms with E-state index in [-0.39, 0.29) is 24.2 Å². The summed E-state index contributed by atoms with van der Waals surface area (Å²) in [5.41, 5.74) is 1.35. The Morgan fingerprint density at radius 3 is 2.71 bits per heavy atom. The lowest BCUT2D eigenvalue weighted by molar-refractivity contribution is -0.126. The summed E-state index contributed by atoms with van der Waals surface area (Å²) in [7, 11) is 0. The molecule has 4 nitrogen and oxygen atoms in total. The second-order valence-electron chi connectivity index (χ2n) is 7.28. The number of carbonyl (C=O) groups excluding carboxylic acids is 1. The van der Waals surface area contributed by atoms with Crippen LogP contribution in [0.4, 0.5) is 0 Å². The summed E-state index contributed by atoms with van der Waals surface area (Å²) < 4.78 is 0. The average Bonchev–Trinajstić information content (AvgIpc) is 2.88. The average molecular weight is 352 g/mol. The highest BCUT2D eigenvalue weighted by atomic mass is 35.5. The zero-order chi connectivity index (χ0) is 16.2. The molecular weight excluding hydrogens is 322 g/mol. The second kappa shape index (κ2) is 8.84. The Morgan fingerprint density at radius 1 is 1.25 bits per heavy atom. The van der Waals surface area contributed by atoms with Gasteiger partial charge in [-0.3, -0.25) is 9.69 Å². The van der Waals surface area contributed by atoms with Crippen LogP contribution in [0.3, 0.4) is 0 Å². The number of halogens is 1. The summed E-state index contributed by atoms with van der Waals surface area (Å²) >= 11 is 0. The third kappa shape index (κ3) is 4.95. The molecule has 3 rings (SSSR count). The highest BCUT2D eigenvalue weighted by Crippen LogP contribution is 2.22. The van der Waals surface area contributed by atoms with Gasteiger partial charge in [0.25, 0.3) is 0 Å². The number of hydrogen-bond acceptors (Lipinski definition) is 3. The second-order valence-corrected chi connectivity index (χ2v) is 7.28. The van der Waals surface area contributed by atoms with Crippen molar-refractivity contribution in [3.8, 4) is 0 Å². The summed E-state index contributed by atoms with van der Waals surface area (Å²) in [6, 6.07) is 11.9. The topological polar surface area (TPSA) is 44.4 Å². The molecule has 2 unspecified atom stereocenters. The molecule has 2 N–H and O–H groups in total. The maximum Gasteiger partial charge on any atom is 0.223 e. The molecule has 4 atom stereocenters. The van der Waals surface area contributed by atoms with E-state index in [0.717, 1.165) is 38.9 Å². The van der Waals surface area contributed by atoms with E-state index in [2.05, 4.69) is 59.7 Å². The number of benzene rings is 1. The molecule has 1 aromatic rings. The maximum absolute atomic E-state index is 12.5. The van der Waals surface area contributed by atoms with Crippen molar-refractivity contribution >= 4 is 18.3 Å². The van der Waals surface area contributed by atoms with Crippen LogP contribution in [0, 0.1) is 5.92 Å². The van der Waals surface area contributed by atoms with Crippen molar-refractivity contribution in [3.05, 3.63) is 35.9 Å². The van der Waals surface area contributed by atoms with Crippen LogP contribution in [0.2, 0.25) is 0 Å². The summed E-state index contributed by atoms with van der Waals surface area (Å²) in [6.07, 6.45) is 2.98. The molecule has 2 heterocycles. The molecule has 0 bridgehead atoms. The van der Waals surface area contributed by atoms with E-state index in [1.165, 1.54) is 5.56 Å². The fraction of sp³-hybridized carbons (Fsp3) is 0.632. The van der Waals surface area contributed by atoms with Crippen molar-refractivity contribution in [2.24, 2.45) is 5.92 Å². The fourth-order valence-corrected chi connectivity index (χ4v) is 3.93. The molecule has 2 aliphatic rings. The number of amides is 1. The van der Waals surface area contributed by atoms with E-state index >= 15 is 0 Å². The van der Waals surface area contributed by atoms with E-state index in [4.69, 9.17) is 0 Å². The predicted molar refractivity (Wildman–Crippen MR) is 100 cm³/mol. The van der Waals surface area contributed by atoms with E-state index < -0.39 is 0 Å². The lowest BCUT2D eigenvalue weighted by Crippen LogP contribution is -2.45. The quantitative estimate of drug-likeness (QED) is 0.876. The minimum absolute atomic E-state index is 0. The third-order valence-electron chi connectivity index (χ3n) is 5.27. The molecule has 2 fully saturated rings. The van der Waals surface area contributed by atoms with Gasteiger partial charge in [-0.2, -0.15) is 0 Å². The number of piperidine rings is 1. The van der Waals surface area contributed by atoms with Crippen molar-refractivity contribution in [2.45, 2.75) is 57.8 Å². The molecule has 0 aromatic heterocycles. The van der Waals surface area contributed by atoms with Crippen LogP contribution in [0.25, 0.3) is 0 Å². The largest absolute Gasteiger partial charge is 0.352 e. The number of nitrogens with zero attached hydrogens (tertiary/aromatic N) is 1. The van der Waals surface area contributed by atoms with Crippen LogP contribution >= 0.6 is 12.4 Å². The van der Waals surface area contributed by atoms with Crippen LogP contribution in [0.15, 0.2) is 30.3 Å². The molecule has 0 saturated carbocycles. The number of carbonyl (C=O) groups is 1. The van der Waals surface area contributed by atoms with Gasteiger partial charge in [0.05, 0.1) is 0 Å². The van der Waals surface area contributed by atoms with Gasteiger partial charge in [0.15, 0.2) is 0 Å². The molecule has 0 radical (unpaired) electrons. The minimum atomic E-state index is 0. The van der Waals surface area contributed by atoms with Gasteiger partial charge in [0.1, 0.15) is 0 Å². The van der Waals surface area contributed by atoms with Crippen LogP contribution in [-0.4, -0.2) is 42.0 Å². The van der Waals surface area contributed by atoms with Gasteiger partial charge in [0.2, 0.25) is 5.91 Å². The Bertz CT molecular complexity index is 525. The number of likely N-dealkylation sites (tertiary alicyclic amines) is 1. The van der Waals surface area contributed by atoms with Gasteiger partial charge >= 0.3 is 0 Å². The fourth-order valence-electron chi connectivity index (χ4n) is 3.93. The SMILES string of the molecule is CC1CC(NC(=O)[C@H]2CCN[C@@H](C)C2)CN1Cc1ccccc1.Cl. The number of hydrogen-bond donors (Lipinski definition) is 2. The molecule has 2 aliphatic heterocycles. The Morgan fingerprint density at radius 2 is 2.00 bits per heavy atom. The van der Waals surface area contributed by atoms with Crippen LogP contribution < -0.4 is 10.6 Å². The van der Waals surface area contributed by atoms with E-state index in [1.807, 2.05) is 0 Å². The molecule has 0 aliphatic carbocycles. The first kappa shape index (κ1) is 19.2. The Kier molecular flexibility index (Phi) is 7.08. The molecule has 1 amide bonds. The van der Waals surface area contributed by atoms with Crippen LogP contribution in [0.5, 0.6) is 0 Å². The Hall–Kier alpha value is -1.10. The highest BCUT2D eigenvalue weighted by molar-refractivity contribution is 5.85. The molecular formula is C19H30ClN3O. The summed E-state index contributed by atoms with van der Waals surface area (Å²) in [6.45, 7) is 7.32. The van der Waals surface area contributed by atoms with Crippen molar-refractivity contribution in [2.75, 3.05) is 13.1 Å². The first-order chi connectivity index (χ1) is 11.1. The first-order valence-electron chi connectivity index (χ1n) is 8.93. The monoisotopic (exact) mass is 351 g/mol. The van der Waals surface area contributed by atoms with Gasteiger partial charge in [-0.15, -0.1) is 12.4 Å². The van der Waals surface area contributed by atoms with E-state index in [9.17, 15) is 4.79 Å². The summed E-state index contributed by atoms with van der Waals surface area (Å²) in [5, 5.41) is 6.72. The van der Waals surface area contributed by atoms with Crippen LogP contribution in [0.1, 0.15) is 38.7 Å². The van der Waals surface area contributed by atoms with Crippen molar-refractivity contribution in [1.29, 1.82) is 0 Å². The smallest absolute Gasteiger partial charge is 0.223 e. The lowest BCUT2D eigenvalue weighted by atomic mass is 9.92. The minimum Gasteiger partial charge on any atom is -0.352 e. The van der Waals surface area contributed by atoms with Gasteiger partial charge in [-0.25, -0.2) is 0 Å². The lowest BCUT2D eigenvalue weighted by Gasteiger charge is -2.28.